The fourth-order valence-electron chi connectivity index (χ4n) is 2.88. The fraction of sp³-hybridized carbons (Fsp3) is 0.909. The quantitative estimate of drug-likeness (QED) is 0.394. The summed E-state index contributed by atoms with van der Waals surface area (Å²) in [5.74, 6) is 2.11. The van der Waals surface area contributed by atoms with Gasteiger partial charge in [-0.1, -0.05) is 52.4 Å². The van der Waals surface area contributed by atoms with E-state index in [0.717, 1.165) is 46.3 Å². The molecule has 2 nitrogen and oxygen atoms in total. The number of aliphatic hydroxyl groups excluding tert-OH is 1. The number of aliphatic hydroxyl groups is 1. The minimum Gasteiger partial charge on any atom is -0.400 e. The van der Waals surface area contributed by atoms with E-state index in [1.165, 1.54) is 64.2 Å². The summed E-state index contributed by atoms with van der Waals surface area (Å²) in [6.07, 6.45) is 20.1. The third kappa shape index (κ3) is 17.7. The Balaban J connectivity index is 0. The zero-order chi connectivity index (χ0) is 19.6. The second-order valence-corrected chi connectivity index (χ2v) is 8.42. The number of nitrogens with zero attached hydrogens (tertiary/aromatic N) is 1. The summed E-state index contributed by atoms with van der Waals surface area (Å²) in [7, 11) is 1.00. The molecule has 0 aromatic heterocycles. The maximum Gasteiger partial charge on any atom is 0.0319 e. The average Bonchev–Trinajstić information content (AvgIpc) is 2.71. The number of rotatable bonds is 4. The molecule has 2 saturated carbocycles. The first-order valence-corrected chi connectivity index (χ1v) is 11.9. The Kier molecular flexibility index (Phi) is 21.4. The van der Waals surface area contributed by atoms with Gasteiger partial charge in [-0.25, -0.2) is 0 Å². The first kappa shape index (κ1) is 27.7. The Morgan fingerprint density at radius 2 is 1.16 bits per heavy atom. The molecule has 0 saturated heterocycles. The van der Waals surface area contributed by atoms with Gasteiger partial charge in [-0.05, 0) is 11.8 Å². The van der Waals surface area contributed by atoms with Crippen molar-refractivity contribution in [3.63, 3.8) is 0 Å². The molecule has 0 aromatic carbocycles. The Morgan fingerprint density at radius 1 is 0.840 bits per heavy atom. The van der Waals surface area contributed by atoms with E-state index in [1.807, 2.05) is 0 Å². The maximum atomic E-state index is 7.00. The molecule has 151 valence electrons. The van der Waals surface area contributed by atoms with Crippen LogP contribution < -0.4 is 0 Å². The average molecular weight is 521 g/mol. The smallest absolute Gasteiger partial charge is 0.0319 e. The van der Waals surface area contributed by atoms with Gasteiger partial charge in [-0.15, -0.1) is 0 Å². The van der Waals surface area contributed by atoms with Crippen molar-refractivity contribution in [1.82, 2.24) is 0 Å². The molecule has 2 aliphatic rings. The van der Waals surface area contributed by atoms with Gasteiger partial charge < -0.3 is 17.9 Å². The molecule has 0 radical (unpaired) electrons. The summed E-state index contributed by atoms with van der Waals surface area (Å²) in [6.45, 7) is 11.1. The Labute approximate surface area is 171 Å². The van der Waals surface area contributed by atoms with Gasteiger partial charge in [0, 0.05) is 7.11 Å². The van der Waals surface area contributed by atoms with Gasteiger partial charge in [0.25, 0.3) is 0 Å². The first-order chi connectivity index (χ1) is 12.0. The molecular formula is C22H45NOTa-2. The van der Waals surface area contributed by atoms with Crippen molar-refractivity contribution >= 4 is 0 Å². The third-order valence-electron chi connectivity index (χ3n) is 5.41. The fourth-order valence-corrected chi connectivity index (χ4v) is 3.39. The Morgan fingerprint density at radius 3 is 1.28 bits per heavy atom. The molecule has 3 heteroatoms. The van der Waals surface area contributed by atoms with Crippen LogP contribution in [0.5, 0.6) is 0 Å². The monoisotopic (exact) mass is 520 g/mol. The van der Waals surface area contributed by atoms with Crippen molar-refractivity contribution in [1.29, 1.82) is 0 Å². The molecule has 25 heavy (non-hydrogen) atoms. The van der Waals surface area contributed by atoms with Gasteiger partial charge in [0.15, 0.2) is 0 Å². The molecular weight excluding hydrogens is 475 g/mol. The van der Waals surface area contributed by atoms with E-state index < -0.39 is 0 Å². The molecule has 0 unspecified atom stereocenters. The van der Waals surface area contributed by atoms with Crippen LogP contribution >= 0.6 is 0 Å². The van der Waals surface area contributed by atoms with E-state index in [1.54, 1.807) is 0 Å². The summed E-state index contributed by atoms with van der Waals surface area (Å²) in [5, 5.41) is 7.00. The van der Waals surface area contributed by atoms with Crippen LogP contribution in [0.3, 0.4) is 0 Å². The predicted octanol–water partition coefficient (Wildman–Crippen LogP) is 7.10. The molecule has 0 aliphatic heterocycles. The van der Waals surface area contributed by atoms with Crippen molar-refractivity contribution in [3.05, 3.63) is 12.8 Å². The molecule has 0 atom stereocenters. The van der Waals surface area contributed by atoms with Crippen LogP contribution in [-0.2, 0) is 20.9 Å². The molecule has 0 amide bonds. The van der Waals surface area contributed by atoms with E-state index in [9.17, 15) is 0 Å². The summed E-state index contributed by atoms with van der Waals surface area (Å²) < 4.78 is 4.25. The maximum absolute atomic E-state index is 7.00. The summed E-state index contributed by atoms with van der Waals surface area (Å²) >= 11 is 1.16. The Hall–Kier alpha value is 0.500. The summed E-state index contributed by atoms with van der Waals surface area (Å²) in [4.78, 5) is 0. The largest absolute Gasteiger partial charge is 0.400 e. The minimum absolute atomic E-state index is 0.258. The van der Waals surface area contributed by atoms with Crippen LogP contribution in [0, 0.1) is 24.7 Å². The van der Waals surface area contributed by atoms with E-state index in [-0.39, 0.29) is 5.54 Å². The van der Waals surface area contributed by atoms with Crippen LogP contribution in [0.25, 0.3) is 0 Å². The number of hydrogen-bond donors (Lipinski definition) is 1. The van der Waals surface area contributed by atoms with Crippen molar-refractivity contribution in [2.24, 2.45) is 15.2 Å². The van der Waals surface area contributed by atoms with Gasteiger partial charge in [0.1, 0.15) is 0 Å². The van der Waals surface area contributed by atoms with Crippen molar-refractivity contribution in [2.45, 2.75) is 111 Å². The summed E-state index contributed by atoms with van der Waals surface area (Å²) in [6, 6.07) is 0. The minimum atomic E-state index is 0.258. The topological polar surface area (TPSA) is 32.6 Å². The van der Waals surface area contributed by atoms with Gasteiger partial charge in [0.05, 0.1) is 0 Å². The molecule has 0 bridgehead atoms. The molecule has 2 aliphatic carbocycles. The standard InChI is InChI=1S/2C8H15.C5H11N.CH4O.Ta/c2*1-2-8-6-4-3-5-7-8;1-4-5(2,3)6;1-2;/h2*3,8H,2,4-7H2,1H3;4H2,1-3H3;2H,1H3;/q2*-1;;;. The zero-order valence-electron chi connectivity index (χ0n) is 17.9. The van der Waals surface area contributed by atoms with Crippen LogP contribution in [-0.4, -0.2) is 17.8 Å². The van der Waals surface area contributed by atoms with Crippen molar-refractivity contribution in [3.8, 4) is 0 Å². The van der Waals surface area contributed by atoms with E-state index in [0.29, 0.717) is 0 Å². The van der Waals surface area contributed by atoms with Gasteiger partial charge in [-0.2, -0.15) is 25.7 Å². The van der Waals surface area contributed by atoms with Gasteiger partial charge >= 0.3 is 57.0 Å². The SMILES string of the molecule is CCC(C)(C)[N]=[Ta].CCC1CC[CH-]CC1.CCC1CC[CH-]CC1.CO. The second-order valence-electron chi connectivity index (χ2n) is 7.70. The van der Waals surface area contributed by atoms with E-state index >= 15 is 0 Å². The molecule has 1 N–H and O–H groups in total. The van der Waals surface area contributed by atoms with E-state index in [4.69, 9.17) is 5.11 Å². The molecule has 2 rings (SSSR count). The molecule has 2 fully saturated rings. The van der Waals surface area contributed by atoms with Crippen molar-refractivity contribution < 1.29 is 26.0 Å². The van der Waals surface area contributed by atoms with Crippen LogP contribution in [0.15, 0.2) is 3.34 Å². The molecule has 0 heterocycles. The molecule has 0 spiro atoms. The number of hydrogen-bond acceptors (Lipinski definition) is 2. The van der Waals surface area contributed by atoms with E-state index in [2.05, 4.69) is 50.8 Å². The predicted molar refractivity (Wildman–Crippen MR) is 108 cm³/mol. The first-order valence-electron chi connectivity index (χ1n) is 10.4. The Bertz CT molecular complexity index is 251. The normalized spacial score (nSPS) is 18.5. The zero-order valence-corrected chi connectivity index (χ0v) is 21.1. The van der Waals surface area contributed by atoms with Crippen LogP contribution in [0.1, 0.15) is 105 Å². The van der Waals surface area contributed by atoms with Gasteiger partial charge in [0.2, 0.25) is 0 Å². The molecule has 0 aromatic rings. The van der Waals surface area contributed by atoms with Crippen LogP contribution in [0.4, 0.5) is 0 Å². The third-order valence-corrected chi connectivity index (χ3v) is 7.35. The van der Waals surface area contributed by atoms with Crippen molar-refractivity contribution in [2.75, 3.05) is 7.11 Å². The van der Waals surface area contributed by atoms with Gasteiger partial charge in [-0.3, -0.25) is 0 Å². The van der Waals surface area contributed by atoms with Crippen LogP contribution in [0.2, 0.25) is 0 Å². The summed E-state index contributed by atoms with van der Waals surface area (Å²) in [5.41, 5.74) is 0.258. The second kappa shape index (κ2) is 19.3.